The largest absolute Gasteiger partial charge is 0.302 e. The van der Waals surface area contributed by atoms with Crippen molar-refractivity contribution < 1.29 is 0 Å². The monoisotopic (exact) mass is 255 g/mol. The summed E-state index contributed by atoms with van der Waals surface area (Å²) < 4.78 is 0. The minimum Gasteiger partial charge on any atom is -0.302 e. The van der Waals surface area contributed by atoms with E-state index in [1.807, 2.05) is 54.6 Å². The van der Waals surface area contributed by atoms with Crippen LogP contribution in [0, 0.1) is 11.8 Å². The van der Waals surface area contributed by atoms with Gasteiger partial charge in [0, 0.05) is 17.1 Å². The number of halogens is 1. The van der Waals surface area contributed by atoms with Gasteiger partial charge in [0.2, 0.25) is 0 Å². The van der Waals surface area contributed by atoms with Gasteiger partial charge in [-0.05, 0) is 23.8 Å². The Morgan fingerprint density at radius 2 is 1.67 bits per heavy atom. The van der Waals surface area contributed by atoms with Gasteiger partial charge < -0.3 is 5.32 Å². The van der Waals surface area contributed by atoms with Gasteiger partial charge in [-0.2, -0.15) is 0 Å². The number of benzene rings is 2. The molecule has 0 unspecified atom stereocenters. The SMILES string of the molecule is Clc1ccccc1CNCC#Cc1ccccc1. The van der Waals surface area contributed by atoms with Gasteiger partial charge in [0.05, 0.1) is 6.54 Å². The molecule has 0 heterocycles. The smallest absolute Gasteiger partial charge is 0.0582 e. The van der Waals surface area contributed by atoms with Crippen molar-refractivity contribution in [1.29, 1.82) is 0 Å². The maximum Gasteiger partial charge on any atom is 0.0582 e. The quantitative estimate of drug-likeness (QED) is 0.654. The molecular formula is C16H14ClN. The average molecular weight is 256 g/mol. The highest BCUT2D eigenvalue weighted by molar-refractivity contribution is 6.31. The first-order chi connectivity index (χ1) is 8.86. The first-order valence-corrected chi connectivity index (χ1v) is 6.22. The lowest BCUT2D eigenvalue weighted by atomic mass is 10.2. The molecule has 0 aliphatic carbocycles. The van der Waals surface area contributed by atoms with E-state index in [2.05, 4.69) is 17.2 Å². The van der Waals surface area contributed by atoms with Gasteiger partial charge in [-0.1, -0.05) is 59.8 Å². The predicted molar refractivity (Wildman–Crippen MR) is 76.5 cm³/mol. The van der Waals surface area contributed by atoms with Gasteiger partial charge in [0.1, 0.15) is 0 Å². The van der Waals surface area contributed by atoms with Crippen molar-refractivity contribution in [3.63, 3.8) is 0 Å². The minimum atomic E-state index is 0.653. The van der Waals surface area contributed by atoms with E-state index in [1.165, 1.54) is 0 Å². The molecule has 18 heavy (non-hydrogen) atoms. The first-order valence-electron chi connectivity index (χ1n) is 5.84. The number of rotatable bonds is 3. The topological polar surface area (TPSA) is 12.0 Å². The van der Waals surface area contributed by atoms with Crippen molar-refractivity contribution in [3.05, 3.63) is 70.7 Å². The molecule has 0 amide bonds. The minimum absolute atomic E-state index is 0.653. The first kappa shape index (κ1) is 12.7. The maximum atomic E-state index is 6.06. The molecule has 90 valence electrons. The van der Waals surface area contributed by atoms with Gasteiger partial charge in [0.15, 0.2) is 0 Å². The molecule has 0 bridgehead atoms. The summed E-state index contributed by atoms with van der Waals surface area (Å²) in [5.74, 6) is 6.19. The van der Waals surface area contributed by atoms with E-state index >= 15 is 0 Å². The summed E-state index contributed by atoms with van der Waals surface area (Å²) in [6, 6.07) is 17.8. The Morgan fingerprint density at radius 1 is 0.944 bits per heavy atom. The third-order valence-corrected chi connectivity index (χ3v) is 2.86. The molecule has 0 atom stereocenters. The predicted octanol–water partition coefficient (Wildman–Crippen LogP) is 3.48. The van der Waals surface area contributed by atoms with Gasteiger partial charge >= 0.3 is 0 Å². The number of nitrogens with one attached hydrogen (secondary N) is 1. The highest BCUT2D eigenvalue weighted by Crippen LogP contribution is 2.13. The fraction of sp³-hybridized carbons (Fsp3) is 0.125. The van der Waals surface area contributed by atoms with E-state index in [9.17, 15) is 0 Å². The van der Waals surface area contributed by atoms with Gasteiger partial charge in [0.25, 0.3) is 0 Å². The molecule has 1 N–H and O–H groups in total. The van der Waals surface area contributed by atoms with Crippen LogP contribution in [0.3, 0.4) is 0 Å². The molecular weight excluding hydrogens is 242 g/mol. The number of hydrogen-bond donors (Lipinski definition) is 1. The van der Waals surface area contributed by atoms with Crippen molar-refractivity contribution in [3.8, 4) is 11.8 Å². The third-order valence-electron chi connectivity index (χ3n) is 2.49. The molecule has 0 saturated heterocycles. The zero-order chi connectivity index (χ0) is 12.6. The van der Waals surface area contributed by atoms with Crippen LogP contribution in [-0.4, -0.2) is 6.54 Å². The van der Waals surface area contributed by atoms with Crippen LogP contribution < -0.4 is 5.32 Å². The Morgan fingerprint density at radius 3 is 2.44 bits per heavy atom. The molecule has 0 fully saturated rings. The Kier molecular flexibility index (Phi) is 4.84. The highest BCUT2D eigenvalue weighted by atomic mass is 35.5. The molecule has 0 aromatic heterocycles. The van der Waals surface area contributed by atoms with E-state index in [-0.39, 0.29) is 0 Å². The summed E-state index contributed by atoms with van der Waals surface area (Å²) in [6.45, 7) is 1.39. The van der Waals surface area contributed by atoms with Crippen molar-refractivity contribution in [1.82, 2.24) is 5.32 Å². The van der Waals surface area contributed by atoms with Gasteiger partial charge in [-0.25, -0.2) is 0 Å². The Bertz CT molecular complexity index is 552. The summed E-state index contributed by atoms with van der Waals surface area (Å²) in [6.07, 6.45) is 0. The lowest BCUT2D eigenvalue weighted by Gasteiger charge is -2.02. The zero-order valence-corrected chi connectivity index (χ0v) is 10.7. The second-order valence-corrected chi connectivity index (χ2v) is 4.27. The lowest BCUT2D eigenvalue weighted by Crippen LogP contribution is -2.13. The molecule has 2 heteroatoms. The van der Waals surface area contributed by atoms with Crippen LogP contribution in [-0.2, 0) is 6.54 Å². The van der Waals surface area contributed by atoms with Crippen molar-refractivity contribution >= 4 is 11.6 Å². The van der Waals surface area contributed by atoms with Gasteiger partial charge in [-0.3, -0.25) is 0 Å². The molecule has 0 spiro atoms. The summed E-state index contributed by atoms with van der Waals surface area (Å²) in [5.41, 5.74) is 2.14. The van der Waals surface area contributed by atoms with E-state index in [4.69, 9.17) is 11.6 Å². The van der Waals surface area contributed by atoms with Crippen molar-refractivity contribution in [2.24, 2.45) is 0 Å². The molecule has 0 radical (unpaired) electrons. The van der Waals surface area contributed by atoms with E-state index in [0.29, 0.717) is 6.54 Å². The molecule has 1 nitrogen and oxygen atoms in total. The standard InChI is InChI=1S/C16H14ClN/c17-16-11-5-4-10-15(16)13-18-12-6-9-14-7-2-1-3-8-14/h1-5,7-8,10-11,18H,12-13H2. The van der Waals surface area contributed by atoms with Crippen LogP contribution in [0.25, 0.3) is 0 Å². The Balaban J connectivity index is 1.81. The van der Waals surface area contributed by atoms with Crippen LogP contribution >= 0.6 is 11.6 Å². The van der Waals surface area contributed by atoms with Crippen molar-refractivity contribution in [2.75, 3.05) is 6.54 Å². The maximum absolute atomic E-state index is 6.06. The summed E-state index contributed by atoms with van der Waals surface area (Å²) >= 11 is 6.06. The van der Waals surface area contributed by atoms with Gasteiger partial charge in [-0.15, -0.1) is 0 Å². The normalized spacial score (nSPS) is 9.61. The molecule has 0 saturated carbocycles. The Labute approximate surface area is 113 Å². The van der Waals surface area contributed by atoms with E-state index in [1.54, 1.807) is 0 Å². The number of hydrogen-bond acceptors (Lipinski definition) is 1. The summed E-state index contributed by atoms with van der Waals surface area (Å²) in [7, 11) is 0. The van der Waals surface area contributed by atoms with Crippen LogP contribution in [0.4, 0.5) is 0 Å². The fourth-order valence-electron chi connectivity index (χ4n) is 1.57. The summed E-state index contributed by atoms with van der Waals surface area (Å²) in [4.78, 5) is 0. The van der Waals surface area contributed by atoms with Crippen molar-refractivity contribution in [2.45, 2.75) is 6.54 Å². The van der Waals surface area contributed by atoms with Crippen LogP contribution in [0.15, 0.2) is 54.6 Å². The van der Waals surface area contributed by atoms with Crippen LogP contribution in [0.1, 0.15) is 11.1 Å². The Hall–Kier alpha value is -1.75. The third kappa shape index (κ3) is 3.92. The second-order valence-electron chi connectivity index (χ2n) is 3.86. The molecule has 2 aromatic rings. The second kappa shape index (κ2) is 6.86. The van der Waals surface area contributed by atoms with E-state index in [0.717, 1.165) is 22.7 Å². The zero-order valence-electron chi connectivity index (χ0n) is 9.99. The van der Waals surface area contributed by atoms with Crippen LogP contribution in [0.5, 0.6) is 0 Å². The lowest BCUT2D eigenvalue weighted by molar-refractivity contribution is 0.770. The molecule has 0 aliphatic rings. The highest BCUT2D eigenvalue weighted by Gasteiger charge is 1.96. The molecule has 2 aromatic carbocycles. The average Bonchev–Trinajstić information content (AvgIpc) is 2.42. The molecule has 2 rings (SSSR count). The summed E-state index contributed by atoms with van der Waals surface area (Å²) in [5, 5.41) is 4.05. The van der Waals surface area contributed by atoms with E-state index < -0.39 is 0 Å². The molecule has 0 aliphatic heterocycles. The fourth-order valence-corrected chi connectivity index (χ4v) is 1.77. The van der Waals surface area contributed by atoms with Crippen LogP contribution in [0.2, 0.25) is 5.02 Å².